The SMILES string of the molecule is CCCn1nc(-c2ccc(OC)cc2F)cc1C(=O)N1CCN(C(C)=O)CC1. The van der Waals surface area contributed by atoms with Crippen LogP contribution < -0.4 is 4.74 Å². The Morgan fingerprint density at radius 2 is 1.82 bits per heavy atom. The molecule has 1 aromatic heterocycles. The van der Waals surface area contributed by atoms with Crippen molar-refractivity contribution >= 4 is 11.8 Å². The van der Waals surface area contributed by atoms with Crippen molar-refractivity contribution in [2.45, 2.75) is 26.8 Å². The maximum absolute atomic E-state index is 14.5. The zero-order valence-electron chi connectivity index (χ0n) is 16.4. The highest BCUT2D eigenvalue weighted by Gasteiger charge is 2.26. The third-order valence-electron chi connectivity index (χ3n) is 4.90. The predicted octanol–water partition coefficient (Wildman–Crippen LogP) is 2.41. The van der Waals surface area contributed by atoms with E-state index in [0.717, 1.165) is 6.42 Å². The monoisotopic (exact) mass is 388 g/mol. The molecule has 2 amide bonds. The largest absolute Gasteiger partial charge is 0.497 e. The molecular formula is C20H25FN4O3. The van der Waals surface area contributed by atoms with Crippen LogP contribution in [0.3, 0.4) is 0 Å². The molecule has 0 saturated carbocycles. The molecule has 7 nitrogen and oxygen atoms in total. The third-order valence-corrected chi connectivity index (χ3v) is 4.90. The highest BCUT2D eigenvalue weighted by molar-refractivity contribution is 5.94. The Hall–Kier alpha value is -2.90. The number of methoxy groups -OCH3 is 1. The number of benzene rings is 1. The Morgan fingerprint density at radius 3 is 2.39 bits per heavy atom. The maximum atomic E-state index is 14.5. The lowest BCUT2D eigenvalue weighted by molar-refractivity contribution is -0.130. The summed E-state index contributed by atoms with van der Waals surface area (Å²) in [5, 5.41) is 4.47. The van der Waals surface area contributed by atoms with Gasteiger partial charge in [0.1, 0.15) is 17.3 Å². The summed E-state index contributed by atoms with van der Waals surface area (Å²) in [6.07, 6.45) is 0.796. The van der Waals surface area contributed by atoms with E-state index in [1.807, 2.05) is 6.92 Å². The molecule has 0 atom stereocenters. The van der Waals surface area contributed by atoms with Crippen molar-refractivity contribution in [1.82, 2.24) is 19.6 Å². The molecule has 1 aromatic carbocycles. The van der Waals surface area contributed by atoms with Crippen molar-refractivity contribution in [1.29, 1.82) is 0 Å². The van der Waals surface area contributed by atoms with Gasteiger partial charge in [-0.3, -0.25) is 14.3 Å². The number of aryl methyl sites for hydroxylation is 1. The number of rotatable bonds is 5. The molecule has 1 aliphatic rings. The first-order valence-electron chi connectivity index (χ1n) is 9.41. The molecule has 8 heteroatoms. The minimum atomic E-state index is -0.449. The van der Waals surface area contributed by atoms with Crippen LogP contribution in [0.2, 0.25) is 0 Å². The van der Waals surface area contributed by atoms with E-state index >= 15 is 0 Å². The van der Waals surface area contributed by atoms with Crippen LogP contribution >= 0.6 is 0 Å². The molecule has 28 heavy (non-hydrogen) atoms. The van der Waals surface area contributed by atoms with Crippen LogP contribution in [-0.4, -0.2) is 64.7 Å². The average molecular weight is 388 g/mol. The number of nitrogens with zero attached hydrogens (tertiary/aromatic N) is 4. The smallest absolute Gasteiger partial charge is 0.272 e. The number of carbonyl (C=O) groups is 2. The molecule has 0 unspecified atom stereocenters. The van der Waals surface area contributed by atoms with Gasteiger partial charge in [0.25, 0.3) is 5.91 Å². The van der Waals surface area contributed by atoms with E-state index in [1.165, 1.54) is 20.1 Å². The van der Waals surface area contributed by atoms with Gasteiger partial charge in [-0.1, -0.05) is 6.92 Å². The Labute approximate surface area is 163 Å². The fourth-order valence-corrected chi connectivity index (χ4v) is 3.32. The van der Waals surface area contributed by atoms with E-state index in [4.69, 9.17) is 4.74 Å². The predicted molar refractivity (Wildman–Crippen MR) is 103 cm³/mol. The van der Waals surface area contributed by atoms with E-state index in [0.29, 0.717) is 55.4 Å². The van der Waals surface area contributed by atoms with Gasteiger partial charge in [0.15, 0.2) is 0 Å². The van der Waals surface area contributed by atoms with E-state index < -0.39 is 5.82 Å². The zero-order chi connectivity index (χ0) is 20.3. The summed E-state index contributed by atoms with van der Waals surface area (Å²) in [6.45, 7) is 6.07. The summed E-state index contributed by atoms with van der Waals surface area (Å²) in [6, 6.07) is 6.21. The molecule has 1 saturated heterocycles. The van der Waals surface area contributed by atoms with Crippen molar-refractivity contribution in [3.05, 3.63) is 35.8 Å². The van der Waals surface area contributed by atoms with Gasteiger partial charge in [0, 0.05) is 51.3 Å². The quantitative estimate of drug-likeness (QED) is 0.789. The summed E-state index contributed by atoms with van der Waals surface area (Å²) < 4.78 is 21.1. The number of ether oxygens (including phenoxy) is 1. The van der Waals surface area contributed by atoms with Crippen molar-refractivity contribution < 1.29 is 18.7 Å². The lowest BCUT2D eigenvalue weighted by Gasteiger charge is -2.34. The normalized spacial score (nSPS) is 14.3. The van der Waals surface area contributed by atoms with Crippen LogP contribution in [0.25, 0.3) is 11.3 Å². The molecule has 0 radical (unpaired) electrons. The highest BCUT2D eigenvalue weighted by atomic mass is 19.1. The van der Waals surface area contributed by atoms with Gasteiger partial charge < -0.3 is 14.5 Å². The topological polar surface area (TPSA) is 67.7 Å². The van der Waals surface area contributed by atoms with Crippen LogP contribution in [0.1, 0.15) is 30.8 Å². The first-order chi connectivity index (χ1) is 13.4. The number of hydrogen-bond acceptors (Lipinski definition) is 4. The second-order valence-corrected chi connectivity index (χ2v) is 6.78. The first-order valence-corrected chi connectivity index (χ1v) is 9.41. The number of carbonyl (C=O) groups excluding carboxylic acids is 2. The van der Waals surface area contributed by atoms with Crippen LogP contribution in [0.15, 0.2) is 24.3 Å². The van der Waals surface area contributed by atoms with Crippen LogP contribution in [0, 0.1) is 5.82 Å². The second-order valence-electron chi connectivity index (χ2n) is 6.78. The van der Waals surface area contributed by atoms with Crippen molar-refractivity contribution in [2.75, 3.05) is 33.3 Å². The number of halogens is 1. The summed E-state index contributed by atoms with van der Waals surface area (Å²) >= 11 is 0. The summed E-state index contributed by atoms with van der Waals surface area (Å²) in [7, 11) is 1.48. The van der Waals surface area contributed by atoms with Gasteiger partial charge in [0.2, 0.25) is 5.91 Å². The molecule has 1 fully saturated rings. The summed E-state index contributed by atoms with van der Waals surface area (Å²) in [5.74, 6) is -0.159. The van der Waals surface area contributed by atoms with E-state index in [-0.39, 0.29) is 11.8 Å². The number of hydrogen-bond donors (Lipinski definition) is 0. The van der Waals surface area contributed by atoms with Crippen LogP contribution in [0.4, 0.5) is 4.39 Å². The number of aromatic nitrogens is 2. The molecule has 150 valence electrons. The molecular weight excluding hydrogens is 363 g/mol. The standard InChI is InChI=1S/C20H25FN4O3/c1-4-7-25-19(20(27)24-10-8-23(9-11-24)14(2)26)13-18(22-25)16-6-5-15(28-3)12-17(16)21/h5-6,12-13H,4,7-11H2,1-3H3. The first kappa shape index (κ1) is 19.9. The molecule has 3 rings (SSSR count). The van der Waals surface area contributed by atoms with E-state index in [9.17, 15) is 14.0 Å². The van der Waals surface area contributed by atoms with Gasteiger partial charge >= 0.3 is 0 Å². The minimum absolute atomic E-state index is 0.0143. The Kier molecular flexibility index (Phi) is 5.96. The van der Waals surface area contributed by atoms with Crippen molar-refractivity contribution in [3.8, 4) is 17.0 Å². The van der Waals surface area contributed by atoms with Crippen LogP contribution in [-0.2, 0) is 11.3 Å². The lowest BCUT2D eigenvalue weighted by atomic mass is 10.1. The van der Waals surface area contributed by atoms with Gasteiger partial charge in [-0.2, -0.15) is 5.10 Å². The van der Waals surface area contributed by atoms with Gasteiger partial charge in [-0.05, 0) is 24.6 Å². The fraction of sp³-hybridized carbons (Fsp3) is 0.450. The Bertz CT molecular complexity index is 872. The van der Waals surface area contributed by atoms with Gasteiger partial charge in [-0.15, -0.1) is 0 Å². The average Bonchev–Trinajstić information content (AvgIpc) is 3.11. The van der Waals surface area contributed by atoms with Crippen molar-refractivity contribution in [3.63, 3.8) is 0 Å². The molecule has 0 N–H and O–H groups in total. The fourth-order valence-electron chi connectivity index (χ4n) is 3.32. The molecule has 2 heterocycles. The minimum Gasteiger partial charge on any atom is -0.497 e. The molecule has 0 bridgehead atoms. The third kappa shape index (κ3) is 4.00. The molecule has 1 aliphatic heterocycles. The van der Waals surface area contributed by atoms with Crippen LogP contribution in [0.5, 0.6) is 5.75 Å². The lowest BCUT2D eigenvalue weighted by Crippen LogP contribution is -2.50. The molecule has 2 aromatic rings. The molecule has 0 aliphatic carbocycles. The van der Waals surface area contributed by atoms with Gasteiger partial charge in [0.05, 0.1) is 12.8 Å². The van der Waals surface area contributed by atoms with E-state index in [1.54, 1.807) is 32.7 Å². The highest BCUT2D eigenvalue weighted by Crippen LogP contribution is 2.26. The Morgan fingerprint density at radius 1 is 1.14 bits per heavy atom. The Balaban J connectivity index is 1.87. The summed E-state index contributed by atoms with van der Waals surface area (Å²) in [5.41, 5.74) is 1.17. The van der Waals surface area contributed by atoms with Gasteiger partial charge in [-0.25, -0.2) is 4.39 Å². The second kappa shape index (κ2) is 8.41. The number of amides is 2. The maximum Gasteiger partial charge on any atom is 0.272 e. The summed E-state index contributed by atoms with van der Waals surface area (Å²) in [4.78, 5) is 28.0. The van der Waals surface area contributed by atoms with Crippen molar-refractivity contribution in [2.24, 2.45) is 0 Å². The number of piperazine rings is 1. The molecule has 0 spiro atoms. The van der Waals surface area contributed by atoms with E-state index in [2.05, 4.69) is 5.10 Å². The zero-order valence-corrected chi connectivity index (χ0v) is 16.4.